The van der Waals surface area contributed by atoms with E-state index in [0.29, 0.717) is 25.3 Å². The van der Waals surface area contributed by atoms with Crippen LogP contribution in [-0.2, 0) is 9.59 Å². The lowest BCUT2D eigenvalue weighted by Gasteiger charge is -2.27. The first-order valence-electron chi connectivity index (χ1n) is 11.5. The van der Waals surface area contributed by atoms with Gasteiger partial charge < -0.3 is 14.7 Å². The quantitative estimate of drug-likeness (QED) is 0.695. The molecule has 0 bridgehead atoms. The molecule has 2 aromatic rings. The van der Waals surface area contributed by atoms with Crippen LogP contribution >= 0.6 is 0 Å². The monoisotopic (exact) mass is 437 g/mol. The highest BCUT2D eigenvalue weighted by Crippen LogP contribution is 2.36. The molecule has 7 nitrogen and oxygen atoms in total. The summed E-state index contributed by atoms with van der Waals surface area (Å²) >= 11 is 0. The Bertz CT molecular complexity index is 973. The summed E-state index contributed by atoms with van der Waals surface area (Å²) in [5.74, 6) is 0.867. The van der Waals surface area contributed by atoms with Gasteiger partial charge >= 0.3 is 0 Å². The van der Waals surface area contributed by atoms with E-state index >= 15 is 0 Å². The first kappa shape index (κ1) is 20.8. The van der Waals surface area contributed by atoms with Crippen LogP contribution in [0.15, 0.2) is 36.4 Å². The van der Waals surface area contributed by atoms with E-state index in [2.05, 4.69) is 15.1 Å². The van der Waals surface area contributed by atoms with Crippen molar-refractivity contribution in [3.05, 3.63) is 42.2 Å². The van der Waals surface area contributed by atoms with Crippen molar-refractivity contribution < 1.29 is 14.0 Å². The van der Waals surface area contributed by atoms with Crippen molar-refractivity contribution in [1.29, 1.82) is 0 Å². The summed E-state index contributed by atoms with van der Waals surface area (Å²) in [6.45, 7) is 2.98. The Kier molecular flexibility index (Phi) is 5.76. The van der Waals surface area contributed by atoms with Gasteiger partial charge in [0.15, 0.2) is 5.82 Å². The van der Waals surface area contributed by atoms with E-state index in [4.69, 9.17) is 0 Å². The lowest BCUT2D eigenvalue weighted by atomic mass is 10.1. The van der Waals surface area contributed by atoms with Gasteiger partial charge in [0.05, 0.1) is 5.69 Å². The van der Waals surface area contributed by atoms with Gasteiger partial charge in [-0.05, 0) is 68.5 Å². The largest absolute Gasteiger partial charge is 0.353 e. The lowest BCUT2D eigenvalue weighted by Crippen LogP contribution is -2.45. The molecule has 32 heavy (non-hydrogen) atoms. The summed E-state index contributed by atoms with van der Waals surface area (Å²) in [6.07, 6.45) is 4.82. The van der Waals surface area contributed by atoms with Crippen LogP contribution < -0.4 is 4.90 Å². The average molecular weight is 438 g/mol. The maximum atomic E-state index is 13.1. The topological polar surface area (TPSA) is 69.6 Å². The highest BCUT2D eigenvalue weighted by molar-refractivity contribution is 5.87. The minimum atomic E-state index is -0.279. The number of halogens is 1. The van der Waals surface area contributed by atoms with Crippen LogP contribution in [0.2, 0.25) is 0 Å². The molecule has 1 aromatic heterocycles. The van der Waals surface area contributed by atoms with E-state index in [0.717, 1.165) is 50.0 Å². The SMILES string of the molecule is O=C(CN(C(=O)C1CC1)C1CC1)N1CCCN(c2ccc(-c3ccc(F)cc3)nn2)CC1. The van der Waals surface area contributed by atoms with Crippen LogP contribution in [0.3, 0.4) is 0 Å². The van der Waals surface area contributed by atoms with E-state index in [-0.39, 0.29) is 36.1 Å². The molecule has 5 rings (SSSR count). The summed E-state index contributed by atoms with van der Waals surface area (Å²) in [5.41, 5.74) is 1.51. The molecule has 1 aromatic carbocycles. The van der Waals surface area contributed by atoms with E-state index in [1.165, 1.54) is 12.1 Å². The molecule has 0 N–H and O–H groups in total. The number of benzene rings is 1. The smallest absolute Gasteiger partial charge is 0.242 e. The van der Waals surface area contributed by atoms with Crippen molar-refractivity contribution in [2.45, 2.75) is 38.1 Å². The van der Waals surface area contributed by atoms with Gasteiger partial charge in [-0.3, -0.25) is 9.59 Å². The molecule has 0 radical (unpaired) electrons. The van der Waals surface area contributed by atoms with Crippen LogP contribution in [-0.4, -0.2) is 70.6 Å². The number of nitrogens with zero attached hydrogens (tertiary/aromatic N) is 5. The average Bonchev–Trinajstić information content (AvgIpc) is 3.70. The van der Waals surface area contributed by atoms with E-state index in [1.807, 2.05) is 21.9 Å². The fraction of sp³-hybridized carbons (Fsp3) is 0.500. The number of carbonyl (C=O) groups excluding carboxylic acids is 2. The third-order valence-electron chi connectivity index (χ3n) is 6.47. The molecule has 8 heteroatoms. The number of carbonyl (C=O) groups is 2. The second kappa shape index (κ2) is 8.84. The molecule has 3 fully saturated rings. The lowest BCUT2D eigenvalue weighted by molar-refractivity contribution is -0.141. The van der Waals surface area contributed by atoms with E-state index in [9.17, 15) is 14.0 Å². The van der Waals surface area contributed by atoms with Crippen molar-refractivity contribution in [2.75, 3.05) is 37.6 Å². The van der Waals surface area contributed by atoms with Gasteiger partial charge in [0.1, 0.15) is 12.4 Å². The van der Waals surface area contributed by atoms with Crippen LogP contribution in [0.4, 0.5) is 10.2 Å². The Balaban J connectivity index is 1.19. The van der Waals surface area contributed by atoms with Gasteiger partial charge in [0.25, 0.3) is 0 Å². The molecule has 0 atom stereocenters. The number of hydrogen-bond acceptors (Lipinski definition) is 5. The molecule has 1 saturated heterocycles. The summed E-state index contributed by atoms with van der Waals surface area (Å²) in [4.78, 5) is 31.4. The Labute approximate surface area is 187 Å². The third-order valence-corrected chi connectivity index (χ3v) is 6.47. The molecular weight excluding hydrogens is 409 g/mol. The summed E-state index contributed by atoms with van der Waals surface area (Å²) in [5, 5.41) is 8.68. The van der Waals surface area contributed by atoms with Crippen LogP contribution in [0.5, 0.6) is 0 Å². The maximum Gasteiger partial charge on any atom is 0.242 e. The summed E-state index contributed by atoms with van der Waals surface area (Å²) < 4.78 is 13.1. The van der Waals surface area contributed by atoms with Gasteiger partial charge in [-0.15, -0.1) is 10.2 Å². The number of rotatable bonds is 6. The number of aromatic nitrogens is 2. The van der Waals surface area contributed by atoms with Gasteiger partial charge in [-0.2, -0.15) is 0 Å². The Morgan fingerprint density at radius 3 is 2.38 bits per heavy atom. The maximum absolute atomic E-state index is 13.1. The predicted octanol–water partition coefficient (Wildman–Crippen LogP) is 2.72. The standard InChI is InChI=1S/C24H28FN5O2/c25-19-6-4-17(5-7-19)21-10-11-22(27-26-21)28-12-1-13-29(15-14-28)23(31)16-30(20-8-9-20)24(32)18-2-3-18/h4-7,10-11,18,20H,1-3,8-9,12-16H2. The third kappa shape index (κ3) is 4.74. The fourth-order valence-electron chi connectivity index (χ4n) is 4.25. The highest BCUT2D eigenvalue weighted by atomic mass is 19.1. The molecule has 0 spiro atoms. The Hall–Kier alpha value is -3.03. The predicted molar refractivity (Wildman–Crippen MR) is 118 cm³/mol. The summed E-state index contributed by atoms with van der Waals surface area (Å²) in [6, 6.07) is 10.3. The first-order valence-corrected chi connectivity index (χ1v) is 11.5. The first-order chi connectivity index (χ1) is 15.6. The second-order valence-corrected chi connectivity index (χ2v) is 8.98. The molecule has 2 aliphatic carbocycles. The zero-order valence-corrected chi connectivity index (χ0v) is 18.1. The molecule has 168 valence electrons. The van der Waals surface area contributed by atoms with E-state index < -0.39 is 0 Å². The van der Waals surface area contributed by atoms with Crippen molar-refractivity contribution >= 4 is 17.6 Å². The molecule has 2 heterocycles. The second-order valence-electron chi connectivity index (χ2n) is 8.98. The highest BCUT2D eigenvalue weighted by Gasteiger charge is 2.41. The Morgan fingerprint density at radius 2 is 1.72 bits per heavy atom. The molecule has 2 amide bonds. The molecule has 1 aliphatic heterocycles. The zero-order valence-electron chi connectivity index (χ0n) is 18.1. The van der Waals surface area contributed by atoms with Gasteiger partial charge in [-0.25, -0.2) is 4.39 Å². The van der Waals surface area contributed by atoms with Crippen molar-refractivity contribution in [2.24, 2.45) is 5.92 Å². The zero-order chi connectivity index (χ0) is 22.1. The normalized spacial score (nSPS) is 18.9. The van der Waals surface area contributed by atoms with Crippen molar-refractivity contribution in [3.63, 3.8) is 0 Å². The fourth-order valence-corrected chi connectivity index (χ4v) is 4.25. The number of amides is 2. The summed E-state index contributed by atoms with van der Waals surface area (Å²) in [7, 11) is 0. The van der Waals surface area contributed by atoms with Crippen molar-refractivity contribution in [1.82, 2.24) is 20.0 Å². The molecular formula is C24H28FN5O2. The van der Waals surface area contributed by atoms with Crippen molar-refractivity contribution in [3.8, 4) is 11.3 Å². The van der Waals surface area contributed by atoms with Crippen LogP contribution in [0, 0.1) is 11.7 Å². The Morgan fingerprint density at radius 1 is 0.938 bits per heavy atom. The van der Waals surface area contributed by atoms with Crippen LogP contribution in [0.25, 0.3) is 11.3 Å². The molecule has 3 aliphatic rings. The number of anilines is 1. The number of hydrogen-bond donors (Lipinski definition) is 0. The minimum absolute atomic E-state index is 0.0468. The molecule has 2 saturated carbocycles. The van der Waals surface area contributed by atoms with E-state index in [1.54, 1.807) is 12.1 Å². The molecule has 0 unspecified atom stereocenters. The van der Waals surface area contributed by atoms with Gasteiger partial charge in [0, 0.05) is 43.7 Å². The van der Waals surface area contributed by atoms with Crippen LogP contribution in [0.1, 0.15) is 32.1 Å². The van der Waals surface area contributed by atoms with Gasteiger partial charge in [-0.1, -0.05) is 0 Å². The van der Waals surface area contributed by atoms with Gasteiger partial charge in [0.2, 0.25) is 11.8 Å². The minimum Gasteiger partial charge on any atom is -0.353 e.